The van der Waals surface area contributed by atoms with Gasteiger partial charge in [-0.05, 0) is 63.2 Å². The Hall–Kier alpha value is -1.59. The number of halogens is 1. The fourth-order valence-electron chi connectivity index (χ4n) is 3.07. The number of sulfonamides is 1. The van der Waals surface area contributed by atoms with E-state index in [4.69, 9.17) is 11.6 Å². The number of hydrogen-bond donors (Lipinski definition) is 2. The molecule has 1 aliphatic heterocycles. The molecule has 1 aromatic heterocycles. The number of likely N-dealkylation sites (tertiary alicyclic amines) is 1. The summed E-state index contributed by atoms with van der Waals surface area (Å²) in [5, 5.41) is 10.7. The first-order valence-electron chi connectivity index (χ1n) is 9.56. The summed E-state index contributed by atoms with van der Waals surface area (Å²) in [4.78, 5) is 14.6. The van der Waals surface area contributed by atoms with Crippen molar-refractivity contribution < 1.29 is 13.2 Å². The molecule has 3 rings (SSSR count). The summed E-state index contributed by atoms with van der Waals surface area (Å²) in [5.41, 5.74) is 0.389. The normalized spacial score (nSPS) is 15.8. The zero-order chi connectivity index (χ0) is 20.7. The Labute approximate surface area is 179 Å². The van der Waals surface area contributed by atoms with E-state index in [1.807, 2.05) is 0 Å². The molecule has 0 bridgehead atoms. The number of benzene rings is 1. The molecule has 0 spiro atoms. The topological polar surface area (TPSA) is 104 Å². The molecule has 0 atom stereocenters. The van der Waals surface area contributed by atoms with Gasteiger partial charge in [-0.2, -0.15) is 0 Å². The van der Waals surface area contributed by atoms with Crippen molar-refractivity contribution in [2.75, 3.05) is 31.5 Å². The fourth-order valence-corrected chi connectivity index (χ4v) is 5.21. The number of carbonyl (C=O) groups is 1. The highest BCUT2D eigenvalue weighted by Gasteiger charge is 2.21. The van der Waals surface area contributed by atoms with Gasteiger partial charge in [-0.15, -0.1) is 10.2 Å². The van der Waals surface area contributed by atoms with Crippen LogP contribution >= 0.6 is 22.9 Å². The second-order valence-electron chi connectivity index (χ2n) is 6.84. The number of carbonyl (C=O) groups excluding carboxylic acids is 1. The van der Waals surface area contributed by atoms with Crippen molar-refractivity contribution >= 4 is 44.0 Å². The van der Waals surface area contributed by atoms with Crippen LogP contribution in [0.25, 0.3) is 0 Å². The van der Waals surface area contributed by atoms with Gasteiger partial charge in [0.2, 0.25) is 9.47 Å². The van der Waals surface area contributed by atoms with Crippen LogP contribution < -0.4 is 10.0 Å². The van der Waals surface area contributed by atoms with Crippen LogP contribution in [0.4, 0.5) is 5.13 Å². The minimum Gasteiger partial charge on any atom is -0.303 e. The van der Waals surface area contributed by atoms with Gasteiger partial charge < -0.3 is 4.90 Å². The number of rotatable bonds is 8. The number of aromatic nitrogens is 2. The molecule has 158 valence electrons. The molecule has 29 heavy (non-hydrogen) atoms. The van der Waals surface area contributed by atoms with E-state index in [0.717, 1.165) is 37.4 Å². The third-order valence-electron chi connectivity index (χ3n) is 4.61. The van der Waals surface area contributed by atoms with Crippen molar-refractivity contribution in [3.8, 4) is 0 Å². The van der Waals surface area contributed by atoms with E-state index >= 15 is 0 Å². The van der Waals surface area contributed by atoms with E-state index in [1.165, 1.54) is 25.7 Å². The van der Waals surface area contributed by atoms with Crippen LogP contribution in [-0.2, 0) is 10.0 Å². The average Bonchev–Trinajstić information content (AvgIpc) is 3.02. The Balaban J connectivity index is 1.48. The molecule has 1 saturated heterocycles. The van der Waals surface area contributed by atoms with Gasteiger partial charge in [0.1, 0.15) is 0 Å². The van der Waals surface area contributed by atoms with Gasteiger partial charge in [0.15, 0.2) is 0 Å². The molecule has 1 fully saturated rings. The molecule has 8 nitrogen and oxygen atoms in total. The van der Waals surface area contributed by atoms with Crippen LogP contribution in [0.3, 0.4) is 0 Å². The smallest absolute Gasteiger partial charge is 0.269 e. The predicted molar refractivity (Wildman–Crippen MR) is 114 cm³/mol. The van der Waals surface area contributed by atoms with Crippen molar-refractivity contribution in [2.24, 2.45) is 0 Å². The van der Waals surface area contributed by atoms with Gasteiger partial charge in [-0.1, -0.05) is 35.8 Å². The van der Waals surface area contributed by atoms with Gasteiger partial charge in [0.25, 0.3) is 15.9 Å². The van der Waals surface area contributed by atoms with Gasteiger partial charge in [0, 0.05) is 17.1 Å². The first-order chi connectivity index (χ1) is 13.9. The van der Waals surface area contributed by atoms with Crippen molar-refractivity contribution in [3.63, 3.8) is 0 Å². The lowest BCUT2D eigenvalue weighted by Gasteiger charge is -2.19. The lowest BCUT2D eigenvalue weighted by atomic mass is 10.2. The summed E-state index contributed by atoms with van der Waals surface area (Å²) in [5.74, 6) is -0.410. The Morgan fingerprint density at radius 1 is 1.10 bits per heavy atom. The summed E-state index contributed by atoms with van der Waals surface area (Å²) in [6.45, 7) is 3.38. The van der Waals surface area contributed by atoms with E-state index in [0.29, 0.717) is 17.1 Å². The van der Waals surface area contributed by atoms with Gasteiger partial charge in [-0.3, -0.25) is 10.1 Å². The molecule has 1 aromatic carbocycles. The van der Waals surface area contributed by atoms with E-state index in [-0.39, 0.29) is 9.47 Å². The highest BCUT2D eigenvalue weighted by Crippen LogP contribution is 2.21. The molecule has 2 aromatic rings. The molecule has 0 aliphatic carbocycles. The Morgan fingerprint density at radius 3 is 2.48 bits per heavy atom. The van der Waals surface area contributed by atoms with E-state index in [1.54, 1.807) is 24.3 Å². The molecule has 0 saturated carbocycles. The van der Waals surface area contributed by atoms with Crippen LogP contribution in [0.5, 0.6) is 0 Å². The van der Waals surface area contributed by atoms with Crippen molar-refractivity contribution in [1.29, 1.82) is 0 Å². The average molecular weight is 458 g/mol. The summed E-state index contributed by atoms with van der Waals surface area (Å²) in [7, 11) is -3.75. The van der Waals surface area contributed by atoms with Crippen LogP contribution in [0.1, 0.15) is 42.5 Å². The predicted octanol–water partition coefficient (Wildman–Crippen LogP) is 2.99. The number of anilines is 1. The molecular weight excluding hydrogens is 434 g/mol. The van der Waals surface area contributed by atoms with Gasteiger partial charge in [-0.25, -0.2) is 13.1 Å². The number of nitrogens with one attached hydrogen (secondary N) is 2. The molecule has 2 heterocycles. The minimum atomic E-state index is -3.75. The third-order valence-corrected chi connectivity index (χ3v) is 7.52. The first-order valence-corrected chi connectivity index (χ1v) is 12.2. The number of hydrogen-bond acceptors (Lipinski definition) is 7. The highest BCUT2D eigenvalue weighted by atomic mass is 35.5. The molecule has 2 N–H and O–H groups in total. The van der Waals surface area contributed by atoms with Crippen LogP contribution in [0.15, 0.2) is 28.6 Å². The Bertz CT molecular complexity index is 910. The lowest BCUT2D eigenvalue weighted by molar-refractivity contribution is 0.102. The molecule has 1 amide bonds. The SMILES string of the molecule is O=C(Nc1nnc(S(=O)(=O)NCCCN2CCCCCC2)s1)c1ccc(Cl)cc1. The quantitative estimate of drug-likeness (QED) is 0.466. The van der Waals surface area contributed by atoms with Gasteiger partial charge >= 0.3 is 0 Å². The maximum absolute atomic E-state index is 12.4. The fraction of sp³-hybridized carbons (Fsp3) is 0.500. The second kappa shape index (κ2) is 10.4. The Morgan fingerprint density at radius 2 is 1.79 bits per heavy atom. The van der Waals surface area contributed by atoms with Crippen LogP contribution in [0, 0.1) is 0 Å². The molecule has 0 unspecified atom stereocenters. The largest absolute Gasteiger partial charge is 0.303 e. The molecule has 11 heteroatoms. The molecule has 0 radical (unpaired) electrons. The second-order valence-corrected chi connectivity index (χ2v) is 10.2. The standard InChI is InChI=1S/C18H24ClN5O3S2/c19-15-8-6-14(7-9-15)16(25)21-17-22-23-18(28-17)29(26,27)20-10-5-13-24-11-3-1-2-4-12-24/h6-9,20H,1-5,10-13H2,(H,21,22,25). The van der Waals surface area contributed by atoms with Crippen LogP contribution in [0.2, 0.25) is 5.02 Å². The van der Waals surface area contributed by atoms with E-state index < -0.39 is 15.9 Å². The third kappa shape index (κ3) is 6.71. The first kappa shape index (κ1) is 22.1. The van der Waals surface area contributed by atoms with Crippen molar-refractivity contribution in [2.45, 2.75) is 36.4 Å². The summed E-state index contributed by atoms with van der Waals surface area (Å²) in [6.07, 6.45) is 5.70. The van der Waals surface area contributed by atoms with E-state index in [2.05, 4.69) is 25.1 Å². The van der Waals surface area contributed by atoms with Crippen LogP contribution in [-0.4, -0.2) is 55.6 Å². The zero-order valence-electron chi connectivity index (χ0n) is 15.9. The Kier molecular flexibility index (Phi) is 7.96. The monoisotopic (exact) mass is 457 g/mol. The van der Waals surface area contributed by atoms with E-state index in [9.17, 15) is 13.2 Å². The molecule has 1 aliphatic rings. The lowest BCUT2D eigenvalue weighted by Crippen LogP contribution is -2.30. The number of amides is 1. The van der Waals surface area contributed by atoms with Crippen molar-refractivity contribution in [1.82, 2.24) is 19.8 Å². The zero-order valence-corrected chi connectivity index (χ0v) is 18.3. The summed E-state index contributed by atoms with van der Waals surface area (Å²) < 4.78 is 27.2. The minimum absolute atomic E-state index is 0.120. The molecular formula is C18H24ClN5O3S2. The van der Waals surface area contributed by atoms with Crippen molar-refractivity contribution in [3.05, 3.63) is 34.9 Å². The van der Waals surface area contributed by atoms with Gasteiger partial charge in [0.05, 0.1) is 0 Å². The maximum Gasteiger partial charge on any atom is 0.269 e. The summed E-state index contributed by atoms with van der Waals surface area (Å²) in [6, 6.07) is 6.34. The highest BCUT2D eigenvalue weighted by molar-refractivity contribution is 7.91. The summed E-state index contributed by atoms with van der Waals surface area (Å²) >= 11 is 6.62. The maximum atomic E-state index is 12.4. The number of nitrogens with zero attached hydrogens (tertiary/aromatic N) is 3.